The summed E-state index contributed by atoms with van der Waals surface area (Å²) in [6.07, 6.45) is 0. The second-order valence-corrected chi connectivity index (χ2v) is 6.05. The maximum Gasteiger partial charge on any atom is 0.191 e. The summed E-state index contributed by atoms with van der Waals surface area (Å²) in [5.74, 6) is 0.834. The number of thiocarbonyl (C=S) groups is 1. The van der Waals surface area contributed by atoms with Gasteiger partial charge in [0.15, 0.2) is 5.11 Å². The Labute approximate surface area is 150 Å². The third-order valence-corrected chi connectivity index (χ3v) is 3.68. The van der Waals surface area contributed by atoms with Gasteiger partial charge in [0, 0.05) is 10.2 Å². The molecule has 0 radical (unpaired) electrons. The van der Waals surface area contributed by atoms with Gasteiger partial charge in [0.25, 0.3) is 0 Å². The number of nitrogens with zero attached hydrogens (tertiary/aromatic N) is 1. The van der Waals surface area contributed by atoms with E-state index in [0.29, 0.717) is 11.7 Å². The van der Waals surface area contributed by atoms with Gasteiger partial charge in [-0.1, -0.05) is 28.1 Å². The zero-order chi connectivity index (χ0) is 16.7. The first-order valence-electron chi connectivity index (χ1n) is 7.18. The van der Waals surface area contributed by atoms with E-state index in [1.807, 2.05) is 62.4 Å². The van der Waals surface area contributed by atoms with Crippen LogP contribution in [0.5, 0.6) is 5.75 Å². The highest BCUT2D eigenvalue weighted by Gasteiger charge is 2.00. The number of benzene rings is 2. The second-order valence-electron chi connectivity index (χ2n) is 4.73. The number of hydrogen-bond acceptors (Lipinski definition) is 3. The van der Waals surface area contributed by atoms with Gasteiger partial charge in [0.05, 0.1) is 12.3 Å². The van der Waals surface area contributed by atoms with Gasteiger partial charge in [-0.05, 0) is 68.0 Å². The quantitative estimate of drug-likeness (QED) is 0.445. The van der Waals surface area contributed by atoms with Crippen LogP contribution in [0.15, 0.2) is 58.1 Å². The molecule has 0 spiro atoms. The fourth-order valence-corrected chi connectivity index (χ4v) is 2.44. The first-order chi connectivity index (χ1) is 11.1. The number of ether oxygens (including phenoxy) is 1. The SMILES string of the molecule is CCOc1ccc(NC(=S)N/N=C(/C)c2cccc(Br)c2)cc1. The molecule has 23 heavy (non-hydrogen) atoms. The number of anilines is 1. The highest BCUT2D eigenvalue weighted by molar-refractivity contribution is 9.10. The van der Waals surface area contributed by atoms with Crippen molar-refractivity contribution >= 4 is 44.7 Å². The molecule has 2 N–H and O–H groups in total. The van der Waals surface area contributed by atoms with Crippen molar-refractivity contribution in [3.63, 3.8) is 0 Å². The molecule has 6 heteroatoms. The lowest BCUT2D eigenvalue weighted by molar-refractivity contribution is 0.340. The van der Waals surface area contributed by atoms with Crippen LogP contribution < -0.4 is 15.5 Å². The Morgan fingerprint density at radius 1 is 1.22 bits per heavy atom. The van der Waals surface area contributed by atoms with E-state index in [0.717, 1.165) is 27.2 Å². The number of nitrogens with one attached hydrogen (secondary N) is 2. The van der Waals surface area contributed by atoms with Crippen LogP contribution in [0.3, 0.4) is 0 Å². The second kappa shape index (κ2) is 8.64. The Morgan fingerprint density at radius 3 is 2.61 bits per heavy atom. The van der Waals surface area contributed by atoms with E-state index in [1.54, 1.807) is 0 Å². The highest BCUT2D eigenvalue weighted by Crippen LogP contribution is 2.15. The van der Waals surface area contributed by atoms with E-state index in [2.05, 4.69) is 31.8 Å². The summed E-state index contributed by atoms with van der Waals surface area (Å²) in [6, 6.07) is 15.5. The van der Waals surface area contributed by atoms with Crippen molar-refractivity contribution in [2.45, 2.75) is 13.8 Å². The third-order valence-electron chi connectivity index (χ3n) is 2.99. The van der Waals surface area contributed by atoms with E-state index >= 15 is 0 Å². The predicted molar refractivity (Wildman–Crippen MR) is 103 cm³/mol. The van der Waals surface area contributed by atoms with Gasteiger partial charge >= 0.3 is 0 Å². The molecule has 0 atom stereocenters. The van der Waals surface area contributed by atoms with E-state index in [1.165, 1.54) is 0 Å². The molecule has 4 nitrogen and oxygen atoms in total. The minimum atomic E-state index is 0.434. The molecule has 2 aromatic carbocycles. The van der Waals surface area contributed by atoms with Crippen molar-refractivity contribution in [2.24, 2.45) is 5.10 Å². The fourth-order valence-electron chi connectivity index (χ4n) is 1.87. The van der Waals surface area contributed by atoms with Crippen LogP contribution in [0.2, 0.25) is 0 Å². The normalized spacial score (nSPS) is 11.0. The first-order valence-corrected chi connectivity index (χ1v) is 8.38. The van der Waals surface area contributed by atoms with Gasteiger partial charge in [-0.25, -0.2) is 0 Å². The maximum atomic E-state index is 5.40. The molecule has 0 aromatic heterocycles. The zero-order valence-corrected chi connectivity index (χ0v) is 15.4. The van der Waals surface area contributed by atoms with Crippen LogP contribution in [0, 0.1) is 0 Å². The molecule has 2 rings (SSSR count). The average molecular weight is 392 g/mol. The van der Waals surface area contributed by atoms with Crippen LogP contribution in [0.4, 0.5) is 5.69 Å². The molecule has 120 valence electrons. The standard InChI is InChI=1S/C17H18BrN3OS/c1-3-22-16-9-7-15(8-10-16)19-17(23)21-20-12(2)13-5-4-6-14(18)11-13/h4-11H,3H2,1-2H3,(H2,19,21,23)/b20-12-. The van der Waals surface area contributed by atoms with Crippen LogP contribution in [-0.4, -0.2) is 17.4 Å². The lowest BCUT2D eigenvalue weighted by atomic mass is 10.1. The third kappa shape index (κ3) is 5.65. The molecule has 2 aromatic rings. The van der Waals surface area contributed by atoms with Crippen LogP contribution in [0.25, 0.3) is 0 Å². The molecule has 0 aliphatic rings. The van der Waals surface area contributed by atoms with Crippen molar-refractivity contribution in [3.8, 4) is 5.75 Å². The Morgan fingerprint density at radius 2 is 1.96 bits per heavy atom. The number of hydrazone groups is 1. The lowest BCUT2D eigenvalue weighted by Crippen LogP contribution is -2.24. The summed E-state index contributed by atoms with van der Waals surface area (Å²) in [6.45, 7) is 4.53. The van der Waals surface area contributed by atoms with E-state index in [4.69, 9.17) is 17.0 Å². The summed E-state index contributed by atoms with van der Waals surface area (Å²) in [4.78, 5) is 0. The van der Waals surface area contributed by atoms with Crippen LogP contribution in [-0.2, 0) is 0 Å². The van der Waals surface area contributed by atoms with Crippen molar-refractivity contribution in [1.29, 1.82) is 0 Å². The largest absolute Gasteiger partial charge is 0.494 e. The van der Waals surface area contributed by atoms with Gasteiger partial charge in [0.1, 0.15) is 5.75 Å². The van der Waals surface area contributed by atoms with Crippen LogP contribution >= 0.6 is 28.1 Å². The Bertz CT molecular complexity index is 701. The smallest absolute Gasteiger partial charge is 0.191 e. The van der Waals surface area contributed by atoms with Crippen molar-refractivity contribution < 1.29 is 4.74 Å². The maximum absolute atomic E-state index is 5.40. The van der Waals surface area contributed by atoms with Crippen molar-refractivity contribution in [1.82, 2.24) is 5.43 Å². The molecule has 0 fully saturated rings. The summed E-state index contributed by atoms with van der Waals surface area (Å²) < 4.78 is 6.42. The molecule has 0 unspecified atom stereocenters. The summed E-state index contributed by atoms with van der Waals surface area (Å²) in [5.41, 5.74) is 5.60. The molecular weight excluding hydrogens is 374 g/mol. The molecule has 0 aliphatic carbocycles. The molecule has 0 heterocycles. The molecule has 0 aliphatic heterocycles. The Kier molecular flexibility index (Phi) is 6.55. The zero-order valence-electron chi connectivity index (χ0n) is 13.0. The molecule has 0 bridgehead atoms. The van der Waals surface area contributed by atoms with Gasteiger partial charge in [0.2, 0.25) is 0 Å². The highest BCUT2D eigenvalue weighted by atomic mass is 79.9. The van der Waals surface area contributed by atoms with Crippen molar-refractivity contribution in [3.05, 3.63) is 58.6 Å². The topological polar surface area (TPSA) is 45.6 Å². The molecule has 0 saturated carbocycles. The van der Waals surface area contributed by atoms with Crippen molar-refractivity contribution in [2.75, 3.05) is 11.9 Å². The van der Waals surface area contributed by atoms with Gasteiger partial charge in [-0.2, -0.15) is 5.10 Å². The molecular formula is C17H18BrN3OS. The summed E-state index contributed by atoms with van der Waals surface area (Å²) in [5, 5.41) is 7.81. The number of rotatable bonds is 5. The minimum Gasteiger partial charge on any atom is -0.494 e. The fraction of sp³-hybridized carbons (Fsp3) is 0.176. The Hall–Kier alpha value is -1.92. The van der Waals surface area contributed by atoms with E-state index in [-0.39, 0.29) is 0 Å². The summed E-state index contributed by atoms with van der Waals surface area (Å²) >= 11 is 8.69. The lowest BCUT2D eigenvalue weighted by Gasteiger charge is -2.09. The Balaban J connectivity index is 1.92. The number of halogens is 1. The molecule has 0 amide bonds. The first kappa shape index (κ1) is 17.4. The van der Waals surface area contributed by atoms with E-state index in [9.17, 15) is 0 Å². The monoisotopic (exact) mass is 391 g/mol. The van der Waals surface area contributed by atoms with Gasteiger partial charge in [-0.3, -0.25) is 5.43 Å². The number of hydrogen-bond donors (Lipinski definition) is 2. The minimum absolute atomic E-state index is 0.434. The van der Waals surface area contributed by atoms with Crippen LogP contribution in [0.1, 0.15) is 19.4 Å². The summed E-state index contributed by atoms with van der Waals surface area (Å²) in [7, 11) is 0. The predicted octanol–water partition coefficient (Wildman–Crippen LogP) is 4.56. The van der Waals surface area contributed by atoms with Gasteiger partial charge in [-0.15, -0.1) is 0 Å². The van der Waals surface area contributed by atoms with Gasteiger partial charge < -0.3 is 10.1 Å². The van der Waals surface area contributed by atoms with E-state index < -0.39 is 0 Å². The average Bonchev–Trinajstić information content (AvgIpc) is 2.55. The molecule has 0 saturated heterocycles.